The molecule has 0 aliphatic carbocycles. The van der Waals surface area contributed by atoms with Crippen LogP contribution in [0.2, 0.25) is 0 Å². The molecule has 0 saturated carbocycles. The Balaban J connectivity index is 1.26. The van der Waals surface area contributed by atoms with Crippen LogP contribution in [0.1, 0.15) is 28.2 Å². The van der Waals surface area contributed by atoms with E-state index in [2.05, 4.69) is 27.2 Å². The minimum Gasteiger partial charge on any atom is -0.455 e. The number of anilines is 3. The number of nitrogens with one attached hydrogen (secondary N) is 2. The van der Waals surface area contributed by atoms with Gasteiger partial charge in [-0.15, -0.1) is 11.3 Å². The van der Waals surface area contributed by atoms with Crippen molar-refractivity contribution in [3.63, 3.8) is 0 Å². The van der Waals surface area contributed by atoms with E-state index in [1.54, 1.807) is 52.5 Å². The lowest BCUT2D eigenvalue weighted by Gasteiger charge is -2.32. The van der Waals surface area contributed by atoms with Gasteiger partial charge in [0, 0.05) is 31.5 Å². The Hall–Kier alpha value is -4.77. The summed E-state index contributed by atoms with van der Waals surface area (Å²) in [5.74, 6) is 0.818. The summed E-state index contributed by atoms with van der Waals surface area (Å²) in [4.78, 5) is 51.8. The molecule has 0 bridgehead atoms. The van der Waals surface area contributed by atoms with Gasteiger partial charge in [0.25, 0.3) is 5.91 Å². The summed E-state index contributed by atoms with van der Waals surface area (Å²) >= 11 is 1.23. The molecule has 2 aliphatic heterocycles. The largest absolute Gasteiger partial charge is 0.455 e. The summed E-state index contributed by atoms with van der Waals surface area (Å²) in [6.45, 7) is 6.48. The molecule has 5 heterocycles. The van der Waals surface area contributed by atoms with Crippen LogP contribution in [0.25, 0.3) is 10.2 Å². The van der Waals surface area contributed by atoms with E-state index in [1.165, 1.54) is 17.4 Å². The SMILES string of the molecule is C=CC(=O)N1CCCC(NC(=O)c2sc3nccc4c3c2NC(=O)N4c2ccc(Oc3cccnc3C)cc2)C1. The Morgan fingerprint density at radius 2 is 2.00 bits per heavy atom. The fourth-order valence-corrected chi connectivity index (χ4v) is 6.07. The maximum absolute atomic E-state index is 13.4. The number of amides is 4. The fraction of sp³-hybridized carbons (Fsp3) is 0.207. The molecule has 1 aromatic carbocycles. The number of hydrogen-bond acceptors (Lipinski definition) is 7. The van der Waals surface area contributed by atoms with Crippen LogP contribution in [0.4, 0.5) is 21.9 Å². The monoisotopic (exact) mass is 554 g/mol. The van der Waals surface area contributed by atoms with Crippen molar-refractivity contribution >= 4 is 56.5 Å². The van der Waals surface area contributed by atoms with Gasteiger partial charge in [0.2, 0.25) is 5.91 Å². The number of ether oxygens (including phenoxy) is 1. The molecule has 3 aromatic heterocycles. The molecule has 2 aliphatic rings. The van der Waals surface area contributed by atoms with Gasteiger partial charge >= 0.3 is 6.03 Å². The van der Waals surface area contributed by atoms with Crippen LogP contribution in [-0.4, -0.2) is 51.8 Å². The van der Waals surface area contributed by atoms with Crippen LogP contribution >= 0.6 is 11.3 Å². The highest BCUT2D eigenvalue weighted by molar-refractivity contribution is 7.21. The highest BCUT2D eigenvalue weighted by Gasteiger charge is 2.33. The van der Waals surface area contributed by atoms with E-state index in [4.69, 9.17) is 4.74 Å². The molecule has 6 rings (SSSR count). The predicted molar refractivity (Wildman–Crippen MR) is 154 cm³/mol. The van der Waals surface area contributed by atoms with Crippen molar-refractivity contribution in [2.24, 2.45) is 0 Å². The van der Waals surface area contributed by atoms with Crippen molar-refractivity contribution in [3.8, 4) is 11.5 Å². The highest BCUT2D eigenvalue weighted by Crippen LogP contribution is 2.46. The molecule has 2 N–H and O–H groups in total. The normalized spacial score (nSPS) is 16.4. The van der Waals surface area contributed by atoms with E-state index in [0.717, 1.165) is 18.5 Å². The van der Waals surface area contributed by atoms with Crippen molar-refractivity contribution in [1.82, 2.24) is 20.2 Å². The number of piperidine rings is 1. The van der Waals surface area contributed by atoms with E-state index in [-0.39, 0.29) is 23.9 Å². The minimum absolute atomic E-state index is 0.149. The van der Waals surface area contributed by atoms with Gasteiger partial charge in [-0.3, -0.25) is 19.5 Å². The number of likely N-dealkylation sites (tertiary alicyclic amines) is 1. The average molecular weight is 555 g/mol. The van der Waals surface area contributed by atoms with Crippen LogP contribution in [0.5, 0.6) is 11.5 Å². The number of urea groups is 1. The number of benzene rings is 1. The Morgan fingerprint density at radius 1 is 1.18 bits per heavy atom. The summed E-state index contributed by atoms with van der Waals surface area (Å²) in [5, 5.41) is 6.66. The molecule has 0 spiro atoms. The quantitative estimate of drug-likeness (QED) is 0.309. The van der Waals surface area contributed by atoms with Gasteiger partial charge in [-0.1, -0.05) is 6.58 Å². The third kappa shape index (κ3) is 4.64. The van der Waals surface area contributed by atoms with Crippen molar-refractivity contribution in [1.29, 1.82) is 0 Å². The average Bonchev–Trinajstić information content (AvgIpc) is 3.34. The standard InChI is InChI=1S/C29H26N6O4S/c1-3-23(36)34-15-5-6-18(16-34)32-27(37)26-25-24-21(12-14-31-28(24)40-26)35(29(38)33-25)19-8-10-20(11-9-19)39-22-7-4-13-30-17(22)2/h3-4,7-14,18H,1,5-6,15-16H2,2H3,(H,32,37)(H,33,38). The van der Waals surface area contributed by atoms with Crippen LogP contribution in [0, 0.1) is 6.92 Å². The van der Waals surface area contributed by atoms with Crippen molar-refractivity contribution < 1.29 is 19.1 Å². The van der Waals surface area contributed by atoms with Gasteiger partial charge < -0.3 is 20.3 Å². The molecule has 1 atom stereocenters. The second kappa shape index (κ2) is 10.4. The van der Waals surface area contributed by atoms with Gasteiger partial charge in [-0.25, -0.2) is 9.78 Å². The summed E-state index contributed by atoms with van der Waals surface area (Å²) < 4.78 is 5.95. The van der Waals surface area contributed by atoms with Gasteiger partial charge in [-0.2, -0.15) is 0 Å². The van der Waals surface area contributed by atoms with E-state index in [1.807, 2.05) is 19.1 Å². The summed E-state index contributed by atoms with van der Waals surface area (Å²) in [7, 11) is 0. The maximum Gasteiger partial charge on any atom is 0.331 e. The lowest BCUT2D eigenvalue weighted by Crippen LogP contribution is -2.49. The number of carbonyl (C=O) groups is 3. The predicted octanol–water partition coefficient (Wildman–Crippen LogP) is 5.38. The molecular weight excluding hydrogens is 528 g/mol. The van der Waals surface area contributed by atoms with E-state index in [9.17, 15) is 14.4 Å². The molecule has 4 aromatic rings. The number of aromatic nitrogens is 2. The third-order valence-electron chi connectivity index (χ3n) is 6.98. The number of aryl methyl sites for hydroxylation is 1. The maximum atomic E-state index is 13.4. The molecule has 11 heteroatoms. The molecule has 1 fully saturated rings. The number of hydrogen-bond donors (Lipinski definition) is 2. The Kier molecular flexibility index (Phi) is 6.64. The summed E-state index contributed by atoms with van der Waals surface area (Å²) in [6.07, 6.45) is 6.17. The van der Waals surface area contributed by atoms with E-state index < -0.39 is 0 Å². The molecule has 202 valence electrons. The van der Waals surface area contributed by atoms with Crippen molar-refractivity contribution in [2.75, 3.05) is 23.3 Å². The van der Waals surface area contributed by atoms with Gasteiger partial charge in [0.05, 0.1) is 28.1 Å². The van der Waals surface area contributed by atoms with E-state index in [0.29, 0.717) is 56.7 Å². The zero-order valence-electron chi connectivity index (χ0n) is 21.7. The zero-order chi connectivity index (χ0) is 27.8. The molecular formula is C29H26N6O4S. The first-order chi connectivity index (χ1) is 19.4. The van der Waals surface area contributed by atoms with Crippen molar-refractivity contribution in [2.45, 2.75) is 25.8 Å². The van der Waals surface area contributed by atoms with Gasteiger partial charge in [0.15, 0.2) is 0 Å². The highest BCUT2D eigenvalue weighted by atomic mass is 32.1. The number of thiophene rings is 1. The number of rotatable bonds is 6. The first-order valence-corrected chi connectivity index (χ1v) is 13.7. The molecule has 10 nitrogen and oxygen atoms in total. The summed E-state index contributed by atoms with van der Waals surface area (Å²) in [6, 6.07) is 12.0. The Labute approximate surface area is 234 Å². The molecule has 1 unspecified atom stereocenters. The van der Waals surface area contributed by atoms with Crippen LogP contribution in [0.15, 0.2) is 67.5 Å². The van der Waals surface area contributed by atoms with E-state index >= 15 is 0 Å². The molecule has 1 saturated heterocycles. The van der Waals surface area contributed by atoms with Gasteiger partial charge in [0.1, 0.15) is 21.2 Å². The molecule has 40 heavy (non-hydrogen) atoms. The molecule has 0 radical (unpaired) electrons. The zero-order valence-corrected chi connectivity index (χ0v) is 22.5. The Bertz CT molecular complexity index is 1650. The third-order valence-corrected chi connectivity index (χ3v) is 8.07. The second-order valence-corrected chi connectivity index (χ2v) is 10.6. The topological polar surface area (TPSA) is 117 Å². The molecule has 4 amide bonds. The van der Waals surface area contributed by atoms with Crippen LogP contribution in [0.3, 0.4) is 0 Å². The summed E-state index contributed by atoms with van der Waals surface area (Å²) in [5.41, 5.74) is 2.49. The lowest BCUT2D eigenvalue weighted by molar-refractivity contribution is -0.127. The fourth-order valence-electron chi connectivity index (χ4n) is 5.04. The smallest absolute Gasteiger partial charge is 0.331 e. The first kappa shape index (κ1) is 25.5. The van der Waals surface area contributed by atoms with Crippen LogP contribution in [-0.2, 0) is 4.79 Å². The number of nitrogens with zero attached hydrogens (tertiary/aromatic N) is 4. The van der Waals surface area contributed by atoms with Crippen molar-refractivity contribution in [3.05, 3.63) is 78.1 Å². The Morgan fingerprint density at radius 3 is 2.77 bits per heavy atom. The van der Waals surface area contributed by atoms with Gasteiger partial charge in [-0.05, 0) is 68.3 Å². The van der Waals surface area contributed by atoms with Crippen LogP contribution < -0.4 is 20.3 Å². The number of carbonyl (C=O) groups excluding carboxylic acids is 3. The minimum atomic E-state index is -0.385. The first-order valence-electron chi connectivity index (χ1n) is 12.9. The lowest BCUT2D eigenvalue weighted by atomic mass is 10.1. The number of pyridine rings is 2. The second-order valence-electron chi connectivity index (χ2n) is 9.57.